The number of nitriles is 1. The molecule has 0 bridgehead atoms. The number of benzene rings is 1. The topological polar surface area (TPSA) is 69.1 Å². The molecule has 1 aliphatic heterocycles. The first-order valence-electron chi connectivity index (χ1n) is 8.79. The zero-order valence-electron chi connectivity index (χ0n) is 15.3. The number of nitrogens with zero attached hydrogens (tertiary/aromatic N) is 2. The SMILES string of the molecule is Cc1ccc(C2CCCN(C(=O)OC(C)(C)C)C2)c2[nH]cc(C#N)c12. The second-order valence-electron chi connectivity index (χ2n) is 7.80. The lowest BCUT2D eigenvalue weighted by molar-refractivity contribution is 0.0198. The highest BCUT2D eigenvalue weighted by Crippen LogP contribution is 2.34. The van der Waals surface area contributed by atoms with Crippen molar-refractivity contribution in [2.45, 2.75) is 52.1 Å². The molecule has 2 heterocycles. The molecule has 132 valence electrons. The lowest BCUT2D eigenvalue weighted by atomic mass is 9.88. The van der Waals surface area contributed by atoms with Gasteiger partial charge in [-0.25, -0.2) is 4.79 Å². The molecule has 0 saturated carbocycles. The van der Waals surface area contributed by atoms with E-state index in [0.29, 0.717) is 12.1 Å². The molecule has 1 fully saturated rings. The Morgan fingerprint density at radius 2 is 2.16 bits per heavy atom. The molecule has 5 nitrogen and oxygen atoms in total. The summed E-state index contributed by atoms with van der Waals surface area (Å²) in [6.07, 6.45) is 3.50. The Bertz CT molecular complexity index is 839. The predicted octanol–water partition coefficient (Wildman–Crippen LogP) is 4.46. The number of nitrogens with one attached hydrogen (secondary N) is 1. The van der Waals surface area contributed by atoms with Crippen LogP contribution in [0.3, 0.4) is 0 Å². The molecule has 1 aromatic heterocycles. The minimum absolute atomic E-state index is 0.245. The lowest BCUT2D eigenvalue weighted by Gasteiger charge is -2.34. The molecule has 2 aromatic rings. The van der Waals surface area contributed by atoms with Gasteiger partial charge in [-0.15, -0.1) is 0 Å². The number of H-pyrrole nitrogens is 1. The highest BCUT2D eigenvalue weighted by atomic mass is 16.6. The molecule has 0 radical (unpaired) electrons. The van der Waals surface area contributed by atoms with E-state index in [1.807, 2.05) is 27.7 Å². The summed E-state index contributed by atoms with van der Waals surface area (Å²) < 4.78 is 5.53. The van der Waals surface area contributed by atoms with Gasteiger partial charge in [-0.2, -0.15) is 5.26 Å². The van der Waals surface area contributed by atoms with Gasteiger partial charge in [0.25, 0.3) is 0 Å². The number of carbonyl (C=O) groups excluding carboxylic acids is 1. The van der Waals surface area contributed by atoms with Crippen molar-refractivity contribution in [3.05, 3.63) is 35.0 Å². The number of carbonyl (C=O) groups is 1. The van der Waals surface area contributed by atoms with Crippen molar-refractivity contribution in [2.75, 3.05) is 13.1 Å². The first kappa shape index (κ1) is 17.3. The molecule has 1 amide bonds. The van der Waals surface area contributed by atoms with Gasteiger partial charge in [0.2, 0.25) is 0 Å². The van der Waals surface area contributed by atoms with Crippen molar-refractivity contribution in [2.24, 2.45) is 0 Å². The minimum atomic E-state index is -0.484. The van der Waals surface area contributed by atoms with Gasteiger partial charge in [0.05, 0.1) is 11.1 Å². The van der Waals surface area contributed by atoms with E-state index in [0.717, 1.165) is 35.9 Å². The van der Waals surface area contributed by atoms with E-state index >= 15 is 0 Å². The van der Waals surface area contributed by atoms with Gasteiger partial charge >= 0.3 is 6.09 Å². The fraction of sp³-hybridized carbons (Fsp3) is 0.500. The second kappa shape index (κ2) is 6.44. The molecule has 1 aliphatic rings. The fourth-order valence-electron chi connectivity index (χ4n) is 3.59. The van der Waals surface area contributed by atoms with E-state index in [4.69, 9.17) is 4.74 Å². The van der Waals surface area contributed by atoms with Crippen LogP contribution < -0.4 is 0 Å². The number of amides is 1. The van der Waals surface area contributed by atoms with Gasteiger partial charge < -0.3 is 14.6 Å². The summed E-state index contributed by atoms with van der Waals surface area (Å²) in [7, 11) is 0. The van der Waals surface area contributed by atoms with Gasteiger partial charge in [0.1, 0.15) is 11.7 Å². The number of aryl methyl sites for hydroxylation is 1. The molecule has 0 aliphatic carbocycles. The first-order chi connectivity index (χ1) is 11.8. The normalized spacial score (nSPS) is 18.2. The summed E-state index contributed by atoms with van der Waals surface area (Å²) in [6, 6.07) is 6.45. The summed E-state index contributed by atoms with van der Waals surface area (Å²) in [5.74, 6) is 0.245. The predicted molar refractivity (Wildman–Crippen MR) is 97.5 cm³/mol. The quantitative estimate of drug-likeness (QED) is 0.834. The standard InChI is InChI=1S/C20H25N3O2/c1-13-7-8-16(18-17(13)15(10-21)11-22-18)14-6-5-9-23(12-14)19(24)25-20(2,3)4/h7-8,11,14,22H,5-6,9,12H2,1-4H3. The Kier molecular flexibility index (Phi) is 4.47. The molecule has 1 aromatic carbocycles. The molecule has 3 rings (SSSR count). The van der Waals surface area contributed by atoms with Crippen LogP contribution >= 0.6 is 0 Å². The smallest absolute Gasteiger partial charge is 0.410 e. The van der Waals surface area contributed by atoms with Gasteiger partial charge in [0, 0.05) is 30.6 Å². The lowest BCUT2D eigenvalue weighted by Crippen LogP contribution is -2.42. The molecule has 1 saturated heterocycles. The number of fused-ring (bicyclic) bond motifs is 1. The molecule has 1 atom stereocenters. The van der Waals surface area contributed by atoms with E-state index in [1.54, 1.807) is 11.1 Å². The van der Waals surface area contributed by atoms with Crippen molar-refractivity contribution in [3.63, 3.8) is 0 Å². The largest absolute Gasteiger partial charge is 0.444 e. The molecule has 25 heavy (non-hydrogen) atoms. The Hall–Kier alpha value is -2.48. The van der Waals surface area contributed by atoms with Crippen LogP contribution in [0, 0.1) is 18.3 Å². The molecule has 1 N–H and O–H groups in total. The number of hydrogen-bond acceptors (Lipinski definition) is 3. The molecular weight excluding hydrogens is 314 g/mol. The van der Waals surface area contributed by atoms with Gasteiger partial charge in [-0.1, -0.05) is 12.1 Å². The number of aromatic nitrogens is 1. The highest BCUT2D eigenvalue weighted by molar-refractivity contribution is 5.91. The maximum absolute atomic E-state index is 12.4. The summed E-state index contributed by atoms with van der Waals surface area (Å²) in [6.45, 7) is 9.06. The summed E-state index contributed by atoms with van der Waals surface area (Å²) in [4.78, 5) is 17.5. The van der Waals surface area contributed by atoms with Gasteiger partial charge in [-0.3, -0.25) is 0 Å². The Morgan fingerprint density at radius 1 is 1.40 bits per heavy atom. The van der Waals surface area contributed by atoms with Crippen LogP contribution in [-0.2, 0) is 4.74 Å². The van der Waals surface area contributed by atoms with Crippen molar-refractivity contribution in [1.29, 1.82) is 5.26 Å². The summed E-state index contributed by atoms with van der Waals surface area (Å²) in [5.41, 5.74) is 3.48. The number of ether oxygens (including phenoxy) is 1. The molecular formula is C20H25N3O2. The van der Waals surface area contributed by atoms with Crippen molar-refractivity contribution < 1.29 is 9.53 Å². The third-order valence-electron chi connectivity index (χ3n) is 4.71. The Labute approximate surface area is 148 Å². The van der Waals surface area contributed by atoms with E-state index < -0.39 is 5.60 Å². The molecule has 5 heteroatoms. The number of likely N-dealkylation sites (tertiary alicyclic amines) is 1. The summed E-state index contributed by atoms with van der Waals surface area (Å²) >= 11 is 0. The molecule has 1 unspecified atom stereocenters. The average molecular weight is 339 g/mol. The van der Waals surface area contributed by atoms with E-state index in [2.05, 4.69) is 23.2 Å². The number of aromatic amines is 1. The zero-order valence-corrected chi connectivity index (χ0v) is 15.3. The second-order valence-corrected chi connectivity index (χ2v) is 7.80. The van der Waals surface area contributed by atoms with Crippen molar-refractivity contribution >= 4 is 17.0 Å². The zero-order chi connectivity index (χ0) is 18.2. The van der Waals surface area contributed by atoms with E-state index in [-0.39, 0.29) is 12.0 Å². The van der Waals surface area contributed by atoms with E-state index in [9.17, 15) is 10.1 Å². The summed E-state index contributed by atoms with van der Waals surface area (Å²) in [5, 5.41) is 10.3. The highest BCUT2D eigenvalue weighted by Gasteiger charge is 2.29. The van der Waals surface area contributed by atoms with Crippen LogP contribution in [0.1, 0.15) is 56.2 Å². The Balaban J connectivity index is 1.89. The van der Waals surface area contributed by atoms with Gasteiger partial charge in [0.15, 0.2) is 0 Å². The Morgan fingerprint density at radius 3 is 2.84 bits per heavy atom. The fourth-order valence-corrected chi connectivity index (χ4v) is 3.59. The third-order valence-corrected chi connectivity index (χ3v) is 4.71. The van der Waals surface area contributed by atoms with E-state index in [1.165, 1.54) is 5.56 Å². The van der Waals surface area contributed by atoms with Crippen LogP contribution in [0.25, 0.3) is 10.9 Å². The maximum Gasteiger partial charge on any atom is 0.410 e. The van der Waals surface area contributed by atoms with Crippen LogP contribution in [0.4, 0.5) is 4.79 Å². The van der Waals surface area contributed by atoms with Crippen molar-refractivity contribution in [3.8, 4) is 6.07 Å². The monoisotopic (exact) mass is 339 g/mol. The molecule has 0 spiro atoms. The number of rotatable bonds is 1. The van der Waals surface area contributed by atoms with Gasteiger partial charge in [-0.05, 0) is 51.7 Å². The maximum atomic E-state index is 12.4. The average Bonchev–Trinajstić information content (AvgIpc) is 2.99. The minimum Gasteiger partial charge on any atom is -0.444 e. The number of piperidine rings is 1. The third kappa shape index (κ3) is 3.48. The first-order valence-corrected chi connectivity index (χ1v) is 8.79. The van der Waals surface area contributed by atoms with Crippen LogP contribution in [0.15, 0.2) is 18.3 Å². The van der Waals surface area contributed by atoms with Crippen molar-refractivity contribution in [1.82, 2.24) is 9.88 Å². The van der Waals surface area contributed by atoms with Crippen LogP contribution in [0.5, 0.6) is 0 Å². The van der Waals surface area contributed by atoms with Crippen LogP contribution in [-0.4, -0.2) is 34.7 Å². The number of hydrogen-bond donors (Lipinski definition) is 1. The van der Waals surface area contributed by atoms with Crippen LogP contribution in [0.2, 0.25) is 0 Å².